The molecule has 1 aromatic carbocycles. The first-order valence-electron chi connectivity index (χ1n) is 4.12. The van der Waals surface area contributed by atoms with E-state index in [2.05, 4.69) is 6.58 Å². The summed E-state index contributed by atoms with van der Waals surface area (Å²) in [5, 5.41) is 0. The van der Waals surface area contributed by atoms with Crippen molar-refractivity contribution in [2.45, 2.75) is 6.92 Å². The Morgan fingerprint density at radius 2 is 2.15 bits per heavy atom. The van der Waals surface area contributed by atoms with Crippen LogP contribution in [0.3, 0.4) is 0 Å². The molecule has 2 N–H and O–H groups in total. The molecule has 0 saturated heterocycles. The van der Waals surface area contributed by atoms with Crippen molar-refractivity contribution in [3.8, 4) is 5.75 Å². The molecule has 0 saturated carbocycles. The first-order valence-corrected chi connectivity index (χ1v) is 4.12. The van der Waals surface area contributed by atoms with Crippen molar-refractivity contribution in [3.05, 3.63) is 42.2 Å². The second-order valence-corrected chi connectivity index (χ2v) is 3.15. The van der Waals surface area contributed by atoms with Crippen LogP contribution in [0.4, 0.5) is 5.69 Å². The fourth-order valence-corrected chi connectivity index (χ4v) is 1.44. The van der Waals surface area contributed by atoms with Gasteiger partial charge in [-0.2, -0.15) is 0 Å². The van der Waals surface area contributed by atoms with Crippen LogP contribution in [-0.2, 0) is 0 Å². The molecule has 2 heteroatoms. The Kier molecular flexibility index (Phi) is 1.62. The van der Waals surface area contributed by atoms with Gasteiger partial charge in [0, 0.05) is 17.3 Å². The molecule has 0 aromatic heterocycles. The third-order valence-electron chi connectivity index (χ3n) is 2.05. The van der Waals surface area contributed by atoms with Gasteiger partial charge in [0.1, 0.15) is 11.5 Å². The van der Waals surface area contributed by atoms with Crippen LogP contribution in [0, 0.1) is 0 Å². The first kappa shape index (κ1) is 7.92. The van der Waals surface area contributed by atoms with E-state index in [1.807, 2.05) is 31.2 Å². The van der Waals surface area contributed by atoms with Crippen LogP contribution in [0.15, 0.2) is 36.6 Å². The van der Waals surface area contributed by atoms with Crippen LogP contribution in [0.1, 0.15) is 12.5 Å². The molecule has 1 heterocycles. The number of nitrogen functional groups attached to an aromatic ring is 1. The quantitative estimate of drug-likeness (QED) is 0.612. The molecule has 2 rings (SSSR count). The number of nitrogens with two attached hydrogens (primary N) is 1. The highest BCUT2D eigenvalue weighted by Crippen LogP contribution is 2.33. The largest absolute Gasteiger partial charge is 0.457 e. The molecular formula is C11H11NO. The van der Waals surface area contributed by atoms with E-state index >= 15 is 0 Å². The van der Waals surface area contributed by atoms with Gasteiger partial charge in [-0.15, -0.1) is 0 Å². The van der Waals surface area contributed by atoms with Gasteiger partial charge in [0.15, 0.2) is 0 Å². The Hall–Kier alpha value is -1.70. The second-order valence-electron chi connectivity index (χ2n) is 3.15. The molecule has 0 spiro atoms. The summed E-state index contributed by atoms with van der Waals surface area (Å²) in [6.45, 7) is 5.78. The van der Waals surface area contributed by atoms with E-state index in [1.165, 1.54) is 0 Å². The molecule has 1 aliphatic rings. The summed E-state index contributed by atoms with van der Waals surface area (Å²) in [4.78, 5) is 0. The second kappa shape index (κ2) is 2.66. The topological polar surface area (TPSA) is 35.2 Å². The lowest BCUT2D eigenvalue weighted by Gasteiger charge is -2.17. The highest BCUT2D eigenvalue weighted by Gasteiger charge is 2.12. The van der Waals surface area contributed by atoms with E-state index in [0.29, 0.717) is 11.4 Å². The number of benzene rings is 1. The average Bonchev–Trinajstić information content (AvgIpc) is 2.02. The molecule has 0 bridgehead atoms. The molecule has 0 amide bonds. The van der Waals surface area contributed by atoms with E-state index in [9.17, 15) is 0 Å². The first-order chi connectivity index (χ1) is 6.16. The zero-order valence-corrected chi connectivity index (χ0v) is 7.50. The number of hydrogen-bond acceptors (Lipinski definition) is 2. The number of hydrogen-bond donors (Lipinski definition) is 1. The Bertz CT molecular complexity index is 405. The van der Waals surface area contributed by atoms with Crippen molar-refractivity contribution < 1.29 is 4.74 Å². The maximum absolute atomic E-state index is 5.64. The standard InChI is InChI=1S/C11H11NO/c1-7-5-8(2)13-11-6-9(12)3-4-10(7)11/h3-6H,2,12H2,1H3. The van der Waals surface area contributed by atoms with Crippen LogP contribution in [0.2, 0.25) is 0 Å². The predicted molar refractivity (Wildman–Crippen MR) is 54.3 cm³/mol. The third kappa shape index (κ3) is 1.31. The smallest absolute Gasteiger partial charge is 0.136 e. The zero-order valence-electron chi connectivity index (χ0n) is 7.50. The Morgan fingerprint density at radius 1 is 1.38 bits per heavy atom. The Balaban J connectivity index is 2.60. The van der Waals surface area contributed by atoms with Gasteiger partial charge >= 0.3 is 0 Å². The summed E-state index contributed by atoms with van der Waals surface area (Å²) < 4.78 is 5.43. The lowest BCUT2D eigenvalue weighted by atomic mass is 10.0. The summed E-state index contributed by atoms with van der Waals surface area (Å²) in [6, 6.07) is 5.65. The van der Waals surface area contributed by atoms with Crippen molar-refractivity contribution in [2.24, 2.45) is 0 Å². The Morgan fingerprint density at radius 3 is 2.92 bits per heavy atom. The SMILES string of the molecule is C=C1C=C(C)c2ccc(N)cc2O1. The van der Waals surface area contributed by atoms with Crippen molar-refractivity contribution in [3.63, 3.8) is 0 Å². The minimum absolute atomic E-state index is 0.663. The molecule has 1 aliphatic heterocycles. The summed E-state index contributed by atoms with van der Waals surface area (Å²) in [5.74, 6) is 1.46. The number of fused-ring (bicyclic) bond motifs is 1. The Labute approximate surface area is 77.3 Å². The average molecular weight is 173 g/mol. The number of anilines is 1. The van der Waals surface area contributed by atoms with E-state index in [0.717, 1.165) is 16.9 Å². The van der Waals surface area contributed by atoms with Gasteiger partial charge in [-0.1, -0.05) is 6.58 Å². The van der Waals surface area contributed by atoms with E-state index in [1.54, 1.807) is 0 Å². The highest BCUT2D eigenvalue weighted by atomic mass is 16.5. The number of rotatable bonds is 0. The van der Waals surface area contributed by atoms with Crippen LogP contribution >= 0.6 is 0 Å². The van der Waals surface area contributed by atoms with E-state index in [-0.39, 0.29) is 0 Å². The normalized spacial score (nSPS) is 14.5. The van der Waals surface area contributed by atoms with Crippen molar-refractivity contribution in [1.82, 2.24) is 0 Å². The van der Waals surface area contributed by atoms with Gasteiger partial charge in [0.25, 0.3) is 0 Å². The van der Waals surface area contributed by atoms with Gasteiger partial charge in [0.05, 0.1) is 0 Å². The molecule has 0 fully saturated rings. The molecular weight excluding hydrogens is 162 g/mol. The van der Waals surface area contributed by atoms with Crippen LogP contribution in [0.25, 0.3) is 5.57 Å². The maximum atomic E-state index is 5.64. The van der Waals surface area contributed by atoms with Crippen LogP contribution in [0.5, 0.6) is 5.75 Å². The van der Waals surface area contributed by atoms with Gasteiger partial charge in [-0.25, -0.2) is 0 Å². The van der Waals surface area contributed by atoms with Gasteiger partial charge in [-0.05, 0) is 30.7 Å². The van der Waals surface area contributed by atoms with Gasteiger partial charge < -0.3 is 10.5 Å². The summed E-state index contributed by atoms with van der Waals surface area (Å²) in [5.41, 5.74) is 8.60. The lowest BCUT2D eigenvalue weighted by molar-refractivity contribution is 0.441. The lowest BCUT2D eigenvalue weighted by Crippen LogP contribution is -2.01. The minimum Gasteiger partial charge on any atom is -0.457 e. The summed E-state index contributed by atoms with van der Waals surface area (Å²) in [6.07, 6.45) is 1.92. The molecule has 13 heavy (non-hydrogen) atoms. The molecule has 2 nitrogen and oxygen atoms in total. The molecule has 0 radical (unpaired) electrons. The van der Waals surface area contributed by atoms with Crippen molar-refractivity contribution in [1.29, 1.82) is 0 Å². The number of allylic oxidation sites excluding steroid dienone is 2. The molecule has 0 unspecified atom stereocenters. The third-order valence-corrected chi connectivity index (χ3v) is 2.05. The molecule has 66 valence electrons. The van der Waals surface area contributed by atoms with Gasteiger partial charge in [0.2, 0.25) is 0 Å². The van der Waals surface area contributed by atoms with E-state index < -0.39 is 0 Å². The van der Waals surface area contributed by atoms with Gasteiger partial charge in [-0.3, -0.25) is 0 Å². The van der Waals surface area contributed by atoms with Crippen molar-refractivity contribution in [2.75, 3.05) is 5.73 Å². The van der Waals surface area contributed by atoms with Crippen molar-refractivity contribution >= 4 is 11.3 Å². The minimum atomic E-state index is 0.663. The van der Waals surface area contributed by atoms with E-state index in [4.69, 9.17) is 10.5 Å². The molecule has 0 atom stereocenters. The molecule has 1 aromatic rings. The van der Waals surface area contributed by atoms with Crippen LogP contribution in [-0.4, -0.2) is 0 Å². The van der Waals surface area contributed by atoms with Crippen LogP contribution < -0.4 is 10.5 Å². The molecule has 0 aliphatic carbocycles. The number of ether oxygens (including phenoxy) is 1. The maximum Gasteiger partial charge on any atom is 0.136 e. The summed E-state index contributed by atoms with van der Waals surface area (Å²) in [7, 11) is 0. The fourth-order valence-electron chi connectivity index (χ4n) is 1.44. The highest BCUT2D eigenvalue weighted by molar-refractivity contribution is 5.74. The predicted octanol–water partition coefficient (Wildman–Crippen LogP) is 2.58. The summed E-state index contributed by atoms with van der Waals surface area (Å²) >= 11 is 0. The monoisotopic (exact) mass is 173 g/mol. The zero-order chi connectivity index (χ0) is 9.42. The fraction of sp³-hybridized carbons (Fsp3) is 0.0909.